The molecule has 11 nitrogen and oxygen atoms in total. The number of benzene rings is 2. The fourth-order valence-electron chi connectivity index (χ4n) is 6.64. The number of rotatable bonds is 6. The number of hydrogen-bond acceptors (Lipinski definition) is 12. The van der Waals surface area contributed by atoms with Crippen LogP contribution in [-0.2, 0) is 14.3 Å². The highest BCUT2D eigenvalue weighted by Crippen LogP contribution is 2.31. The number of aromatic nitrogens is 4. The Morgan fingerprint density at radius 2 is 1.56 bits per heavy atom. The van der Waals surface area contributed by atoms with Gasteiger partial charge in [-0.2, -0.15) is 45.5 Å². The average molecular weight is 859 g/mol. The van der Waals surface area contributed by atoms with Gasteiger partial charge in [-0.25, -0.2) is 14.1 Å². The van der Waals surface area contributed by atoms with Crippen LogP contribution in [0.2, 0.25) is 0 Å². The van der Waals surface area contributed by atoms with Crippen molar-refractivity contribution < 1.29 is 18.7 Å². The van der Waals surface area contributed by atoms with Crippen LogP contribution >= 0.6 is 51.2 Å². The summed E-state index contributed by atoms with van der Waals surface area (Å²) in [6.07, 6.45) is 8.62. The van der Waals surface area contributed by atoms with Crippen molar-refractivity contribution in [3.05, 3.63) is 75.4 Å². The number of hydrogen-bond donors (Lipinski definition) is 1. The number of ketones is 1. The Morgan fingerprint density at radius 3 is 2.17 bits per heavy atom. The minimum absolute atomic E-state index is 0.202. The van der Waals surface area contributed by atoms with Gasteiger partial charge in [0.25, 0.3) is 5.56 Å². The van der Waals surface area contributed by atoms with Crippen LogP contribution < -0.4 is 11.3 Å². The normalized spacial score (nSPS) is 20.6. The van der Waals surface area contributed by atoms with Crippen LogP contribution in [0.5, 0.6) is 0 Å². The Labute approximate surface area is 335 Å². The number of thioether (sulfide) groups is 3. The molecule has 2 N–H and O–H groups in total. The maximum Gasteiger partial charge on any atom is 0.318 e. The third-order valence-corrected chi connectivity index (χ3v) is 13.2. The van der Waals surface area contributed by atoms with Crippen molar-refractivity contribution in [2.24, 2.45) is 16.8 Å². The van der Waals surface area contributed by atoms with Gasteiger partial charge in [0.1, 0.15) is 29.1 Å². The predicted molar refractivity (Wildman–Crippen MR) is 222 cm³/mol. The maximum atomic E-state index is 14.8. The van der Waals surface area contributed by atoms with E-state index >= 15 is 0 Å². The first kappa shape index (κ1) is 40.5. The van der Waals surface area contributed by atoms with Gasteiger partial charge in [0, 0.05) is 35.0 Å². The van der Waals surface area contributed by atoms with E-state index in [9.17, 15) is 18.8 Å². The SMILES string of the molecule is CCOC(=O)C1C=NN(C2CCSCC2)C1N.O=C1CCSCC1.O=c1c2cnn(C3CCSCC3)c2nc(-c2ccccc2F)n1-c1ccc(Br)cc1. The summed E-state index contributed by atoms with van der Waals surface area (Å²) in [5.74, 6) is 6.14. The third kappa shape index (κ3) is 9.78. The highest BCUT2D eigenvalue weighted by Gasteiger charge is 2.38. The highest BCUT2D eigenvalue weighted by atomic mass is 79.9. The molecule has 0 bridgehead atoms. The Hall–Kier alpha value is -3.18. The summed E-state index contributed by atoms with van der Waals surface area (Å²) < 4.78 is 24.0. The van der Waals surface area contributed by atoms with Crippen LogP contribution in [0.4, 0.5) is 4.39 Å². The first-order chi connectivity index (χ1) is 26.3. The minimum Gasteiger partial charge on any atom is -0.465 e. The van der Waals surface area contributed by atoms with E-state index in [1.54, 1.807) is 37.5 Å². The molecule has 288 valence electrons. The van der Waals surface area contributed by atoms with Crippen LogP contribution in [0.15, 0.2) is 69.1 Å². The molecule has 4 aliphatic heterocycles. The molecule has 8 rings (SSSR count). The zero-order valence-electron chi connectivity index (χ0n) is 30.1. The molecule has 0 radical (unpaired) electrons. The van der Waals surface area contributed by atoms with Crippen molar-refractivity contribution in [3.63, 3.8) is 0 Å². The molecule has 2 aromatic carbocycles. The standard InChI is InChI=1S/C22H18BrFN4OS.C11H19N3O2S.C5H8OS/c23-14-5-7-15(8-6-14)27-20(17-3-1-2-4-19(17)24)26-21-18(22(27)29)13-25-28(21)16-9-11-30-12-10-16;1-2-16-11(15)9-7-13-14(10(9)12)8-3-5-17-6-4-8;6-5-1-3-7-4-2-5/h1-8,13,16H,9-12H2;7-10H,2-6,12H2,1H3;1-4H2. The summed E-state index contributed by atoms with van der Waals surface area (Å²) in [6.45, 7) is 2.18. The number of nitrogens with two attached hydrogens (primary N) is 1. The fourth-order valence-corrected chi connectivity index (χ4v) is 10.0. The zero-order chi connectivity index (χ0) is 38.0. The molecule has 16 heteroatoms. The maximum absolute atomic E-state index is 14.8. The summed E-state index contributed by atoms with van der Waals surface area (Å²) in [5, 5.41) is 11.1. The van der Waals surface area contributed by atoms with Crippen molar-refractivity contribution in [2.75, 3.05) is 41.1 Å². The summed E-state index contributed by atoms with van der Waals surface area (Å²) >= 11 is 9.19. The molecule has 2 aromatic heterocycles. The van der Waals surface area contributed by atoms with Crippen LogP contribution in [0.3, 0.4) is 0 Å². The lowest BCUT2D eigenvalue weighted by Crippen LogP contribution is -2.48. The molecule has 54 heavy (non-hydrogen) atoms. The van der Waals surface area contributed by atoms with Gasteiger partial charge in [-0.1, -0.05) is 28.1 Å². The monoisotopic (exact) mass is 857 g/mol. The second kappa shape index (κ2) is 19.6. The Bertz CT molecular complexity index is 1980. The van der Waals surface area contributed by atoms with Gasteiger partial charge in [-0.15, -0.1) is 0 Å². The number of hydrazone groups is 1. The second-order valence-corrected chi connectivity index (χ2v) is 17.7. The van der Waals surface area contributed by atoms with Gasteiger partial charge in [-0.05, 0) is 92.0 Å². The van der Waals surface area contributed by atoms with Gasteiger partial charge >= 0.3 is 5.97 Å². The number of ether oxygens (including phenoxy) is 1. The smallest absolute Gasteiger partial charge is 0.318 e. The molecule has 3 fully saturated rings. The molecular weight excluding hydrogens is 814 g/mol. The van der Waals surface area contributed by atoms with E-state index in [4.69, 9.17) is 15.5 Å². The lowest BCUT2D eigenvalue weighted by atomic mass is 10.1. The molecule has 4 aliphatic rings. The lowest BCUT2D eigenvalue weighted by molar-refractivity contribution is -0.147. The quantitative estimate of drug-likeness (QED) is 0.202. The van der Waals surface area contributed by atoms with Crippen LogP contribution in [0, 0.1) is 11.7 Å². The first-order valence-electron chi connectivity index (χ1n) is 18.3. The number of nitrogens with zero attached hydrogens (tertiary/aromatic N) is 6. The van der Waals surface area contributed by atoms with Gasteiger partial charge < -0.3 is 10.5 Å². The highest BCUT2D eigenvalue weighted by molar-refractivity contribution is 9.10. The molecule has 0 spiro atoms. The number of esters is 1. The molecule has 0 amide bonds. The number of Topliss-reactive ketones (excluding diaryl/α,β-unsaturated/α-hetero) is 1. The summed E-state index contributed by atoms with van der Waals surface area (Å²) in [4.78, 5) is 40.5. The lowest BCUT2D eigenvalue weighted by Gasteiger charge is -2.33. The number of carbonyl (C=O) groups is 2. The van der Waals surface area contributed by atoms with Crippen molar-refractivity contribution >= 4 is 80.2 Å². The first-order valence-corrected chi connectivity index (χ1v) is 22.5. The largest absolute Gasteiger partial charge is 0.465 e. The van der Waals surface area contributed by atoms with E-state index in [1.807, 2.05) is 69.2 Å². The summed E-state index contributed by atoms with van der Waals surface area (Å²) in [6, 6.07) is 14.3. The van der Waals surface area contributed by atoms with E-state index in [-0.39, 0.29) is 35.1 Å². The van der Waals surface area contributed by atoms with Crippen LogP contribution in [0.1, 0.15) is 51.5 Å². The number of halogens is 2. The minimum atomic E-state index is -0.422. The molecule has 2 unspecified atom stereocenters. The Kier molecular flexibility index (Phi) is 14.7. The predicted octanol–water partition coefficient (Wildman–Crippen LogP) is 6.95. The van der Waals surface area contributed by atoms with E-state index in [2.05, 4.69) is 26.1 Å². The van der Waals surface area contributed by atoms with E-state index in [0.717, 1.165) is 77.5 Å². The van der Waals surface area contributed by atoms with Gasteiger partial charge in [0.15, 0.2) is 11.5 Å². The number of carbonyl (C=O) groups excluding carboxylic acids is 2. The molecule has 0 aliphatic carbocycles. The Morgan fingerprint density at radius 1 is 0.926 bits per heavy atom. The zero-order valence-corrected chi connectivity index (χ0v) is 34.2. The summed E-state index contributed by atoms with van der Waals surface area (Å²) in [5.41, 5.74) is 7.25. The van der Waals surface area contributed by atoms with E-state index in [1.165, 1.54) is 10.6 Å². The fraction of sp³-hybridized carbons (Fsp3) is 0.474. The van der Waals surface area contributed by atoms with E-state index < -0.39 is 11.7 Å². The van der Waals surface area contributed by atoms with Gasteiger partial charge in [-0.3, -0.25) is 24.0 Å². The molecule has 0 saturated carbocycles. The van der Waals surface area contributed by atoms with Gasteiger partial charge in [0.05, 0.1) is 36.1 Å². The van der Waals surface area contributed by atoms with Crippen molar-refractivity contribution in [3.8, 4) is 17.1 Å². The molecule has 3 saturated heterocycles. The Balaban J connectivity index is 0.000000173. The average Bonchev–Trinajstić information content (AvgIpc) is 3.81. The van der Waals surface area contributed by atoms with E-state index in [0.29, 0.717) is 35.2 Å². The van der Waals surface area contributed by atoms with Crippen molar-refractivity contribution in [1.29, 1.82) is 0 Å². The van der Waals surface area contributed by atoms with Crippen molar-refractivity contribution in [1.82, 2.24) is 24.3 Å². The van der Waals surface area contributed by atoms with Gasteiger partial charge in [0.2, 0.25) is 0 Å². The van der Waals surface area contributed by atoms with Crippen molar-refractivity contribution in [2.45, 2.75) is 63.7 Å². The molecular formula is C38H45BrFN7O4S3. The topological polar surface area (TPSA) is 138 Å². The molecule has 6 heterocycles. The number of fused-ring (bicyclic) bond motifs is 1. The molecule has 4 aromatic rings. The summed E-state index contributed by atoms with van der Waals surface area (Å²) in [7, 11) is 0. The van der Waals surface area contributed by atoms with Crippen LogP contribution in [-0.4, -0.2) is 95.6 Å². The second-order valence-electron chi connectivity index (χ2n) is 13.1. The van der Waals surface area contributed by atoms with Crippen LogP contribution in [0.25, 0.3) is 28.1 Å². The third-order valence-electron chi connectivity index (χ3n) is 9.57. The molecule has 2 atom stereocenters.